The molecular weight excluding hydrogens is 142 g/mol. The Labute approximate surface area is 66.5 Å². The number of ether oxygens (including phenoxy) is 1. The molecule has 1 atom stereocenters. The van der Waals surface area contributed by atoms with E-state index in [2.05, 4.69) is 4.99 Å². The topological polar surface area (TPSA) is 38.7 Å². The lowest BCUT2D eigenvalue weighted by Gasteiger charge is -2.25. The summed E-state index contributed by atoms with van der Waals surface area (Å²) in [6.45, 7) is 7.89. The zero-order valence-electron chi connectivity index (χ0n) is 7.34. The SMILES string of the molecule is CC1=NC(=O)OC1C(C)(C)C. The lowest BCUT2D eigenvalue weighted by molar-refractivity contribution is 0.0918. The molecule has 0 radical (unpaired) electrons. The molecule has 1 unspecified atom stereocenters. The number of carbonyl (C=O) groups excluding carboxylic acids is 1. The van der Waals surface area contributed by atoms with Crippen LogP contribution in [0, 0.1) is 5.41 Å². The minimum atomic E-state index is -0.456. The van der Waals surface area contributed by atoms with Crippen LogP contribution in [0.25, 0.3) is 0 Å². The molecule has 0 bridgehead atoms. The van der Waals surface area contributed by atoms with E-state index in [0.29, 0.717) is 0 Å². The van der Waals surface area contributed by atoms with Gasteiger partial charge in [-0.1, -0.05) is 20.8 Å². The van der Waals surface area contributed by atoms with E-state index in [1.54, 1.807) is 0 Å². The molecule has 3 heteroatoms. The minimum Gasteiger partial charge on any atom is -0.438 e. The predicted molar refractivity (Wildman–Crippen MR) is 42.8 cm³/mol. The zero-order chi connectivity index (χ0) is 8.65. The number of aliphatic imine (C=N–C) groups is 1. The minimum absolute atomic E-state index is 0.0419. The van der Waals surface area contributed by atoms with E-state index in [1.807, 2.05) is 27.7 Å². The number of amides is 1. The molecule has 11 heavy (non-hydrogen) atoms. The average molecular weight is 155 g/mol. The van der Waals surface area contributed by atoms with Gasteiger partial charge in [0, 0.05) is 5.41 Å². The van der Waals surface area contributed by atoms with Gasteiger partial charge in [-0.05, 0) is 6.92 Å². The van der Waals surface area contributed by atoms with Gasteiger partial charge < -0.3 is 4.74 Å². The molecule has 0 fully saturated rings. The van der Waals surface area contributed by atoms with Crippen molar-refractivity contribution < 1.29 is 9.53 Å². The first-order chi connectivity index (χ1) is 4.91. The molecule has 1 aliphatic rings. The van der Waals surface area contributed by atoms with Gasteiger partial charge in [-0.25, -0.2) is 4.79 Å². The zero-order valence-corrected chi connectivity index (χ0v) is 7.34. The van der Waals surface area contributed by atoms with Crippen molar-refractivity contribution in [1.82, 2.24) is 0 Å². The maximum absolute atomic E-state index is 10.7. The standard InChI is InChI=1S/C8H13NO2/c1-5-6(8(2,3)4)11-7(10)9-5/h6H,1-4H3. The second kappa shape index (κ2) is 2.32. The number of hydrogen-bond donors (Lipinski definition) is 0. The summed E-state index contributed by atoms with van der Waals surface area (Å²) in [4.78, 5) is 14.4. The number of carbonyl (C=O) groups is 1. The predicted octanol–water partition coefficient (Wildman–Crippen LogP) is 2.01. The fourth-order valence-corrected chi connectivity index (χ4v) is 1.22. The van der Waals surface area contributed by atoms with E-state index in [9.17, 15) is 4.79 Å². The summed E-state index contributed by atoms with van der Waals surface area (Å²) in [5, 5.41) is 0. The number of hydrogen-bond acceptors (Lipinski definition) is 2. The van der Waals surface area contributed by atoms with Crippen molar-refractivity contribution in [3.05, 3.63) is 0 Å². The van der Waals surface area contributed by atoms with E-state index in [-0.39, 0.29) is 11.5 Å². The van der Waals surface area contributed by atoms with Crippen LogP contribution in [0.3, 0.4) is 0 Å². The van der Waals surface area contributed by atoms with Crippen molar-refractivity contribution in [2.24, 2.45) is 10.4 Å². The van der Waals surface area contributed by atoms with Gasteiger partial charge in [0.05, 0.1) is 5.71 Å². The molecule has 0 aromatic carbocycles. The van der Waals surface area contributed by atoms with E-state index in [1.165, 1.54) is 0 Å². The molecule has 1 heterocycles. The van der Waals surface area contributed by atoms with Gasteiger partial charge in [-0.3, -0.25) is 0 Å². The Balaban J connectivity index is 2.80. The Bertz CT molecular complexity index is 213. The van der Waals surface area contributed by atoms with Gasteiger partial charge in [0.15, 0.2) is 0 Å². The lowest BCUT2D eigenvalue weighted by atomic mass is 9.87. The highest BCUT2D eigenvalue weighted by molar-refractivity contribution is 6.00. The van der Waals surface area contributed by atoms with Gasteiger partial charge in [0.1, 0.15) is 6.10 Å². The summed E-state index contributed by atoms with van der Waals surface area (Å²) < 4.78 is 5.00. The van der Waals surface area contributed by atoms with Crippen molar-refractivity contribution >= 4 is 11.8 Å². The third-order valence-electron chi connectivity index (χ3n) is 1.65. The lowest BCUT2D eigenvalue weighted by Crippen LogP contribution is -2.32. The Morgan fingerprint density at radius 3 is 2.18 bits per heavy atom. The number of rotatable bonds is 0. The molecule has 0 aliphatic carbocycles. The normalized spacial score (nSPS) is 24.9. The molecule has 0 aromatic heterocycles. The van der Waals surface area contributed by atoms with E-state index in [0.717, 1.165) is 5.71 Å². The molecule has 0 aromatic rings. The largest absolute Gasteiger partial charge is 0.438 e. The van der Waals surface area contributed by atoms with Gasteiger partial charge in [0.2, 0.25) is 0 Å². The van der Waals surface area contributed by atoms with E-state index in [4.69, 9.17) is 4.74 Å². The second-order valence-electron chi connectivity index (χ2n) is 3.88. The average Bonchev–Trinajstić information content (AvgIpc) is 2.08. The summed E-state index contributed by atoms with van der Waals surface area (Å²) in [5.41, 5.74) is 0.738. The highest BCUT2D eigenvalue weighted by atomic mass is 16.6. The first-order valence-corrected chi connectivity index (χ1v) is 3.67. The fraction of sp³-hybridized carbons (Fsp3) is 0.750. The maximum Gasteiger partial charge on any atom is 0.434 e. The highest BCUT2D eigenvalue weighted by Gasteiger charge is 2.35. The molecular formula is C8H13NO2. The molecule has 0 spiro atoms. The molecule has 62 valence electrons. The Morgan fingerprint density at radius 2 is 2.00 bits per heavy atom. The summed E-state index contributed by atoms with van der Waals surface area (Å²) in [5.74, 6) is 0. The first-order valence-electron chi connectivity index (χ1n) is 3.67. The van der Waals surface area contributed by atoms with Crippen LogP contribution < -0.4 is 0 Å². The van der Waals surface area contributed by atoms with Crippen LogP contribution in [0.4, 0.5) is 4.79 Å². The van der Waals surface area contributed by atoms with Crippen LogP contribution in [-0.4, -0.2) is 17.9 Å². The van der Waals surface area contributed by atoms with Gasteiger partial charge in [-0.2, -0.15) is 4.99 Å². The molecule has 1 amide bonds. The Kier molecular flexibility index (Phi) is 1.74. The van der Waals surface area contributed by atoms with Crippen molar-refractivity contribution in [1.29, 1.82) is 0 Å². The summed E-state index contributed by atoms with van der Waals surface area (Å²) >= 11 is 0. The maximum atomic E-state index is 10.7. The summed E-state index contributed by atoms with van der Waals surface area (Å²) in [6, 6.07) is 0. The molecule has 0 saturated heterocycles. The monoisotopic (exact) mass is 155 g/mol. The summed E-state index contributed by atoms with van der Waals surface area (Å²) in [7, 11) is 0. The van der Waals surface area contributed by atoms with Crippen LogP contribution in [0.2, 0.25) is 0 Å². The van der Waals surface area contributed by atoms with Crippen LogP contribution in [0.5, 0.6) is 0 Å². The van der Waals surface area contributed by atoms with Crippen molar-refractivity contribution in [3.8, 4) is 0 Å². The Hall–Kier alpha value is -0.860. The van der Waals surface area contributed by atoms with Gasteiger partial charge in [-0.15, -0.1) is 0 Å². The second-order valence-corrected chi connectivity index (χ2v) is 3.88. The molecule has 0 N–H and O–H groups in total. The number of nitrogens with zero attached hydrogens (tertiary/aromatic N) is 1. The van der Waals surface area contributed by atoms with Crippen molar-refractivity contribution in [2.45, 2.75) is 33.8 Å². The smallest absolute Gasteiger partial charge is 0.434 e. The van der Waals surface area contributed by atoms with Crippen LogP contribution in [0.15, 0.2) is 4.99 Å². The fourth-order valence-electron chi connectivity index (χ4n) is 1.22. The van der Waals surface area contributed by atoms with Gasteiger partial charge in [0.25, 0.3) is 0 Å². The van der Waals surface area contributed by atoms with Crippen molar-refractivity contribution in [2.75, 3.05) is 0 Å². The van der Waals surface area contributed by atoms with E-state index >= 15 is 0 Å². The highest BCUT2D eigenvalue weighted by Crippen LogP contribution is 2.26. The molecule has 1 aliphatic heterocycles. The van der Waals surface area contributed by atoms with Crippen LogP contribution in [0.1, 0.15) is 27.7 Å². The number of cyclic esters (lactones) is 1. The van der Waals surface area contributed by atoms with Crippen LogP contribution >= 0.6 is 0 Å². The molecule has 1 rings (SSSR count). The van der Waals surface area contributed by atoms with Crippen LogP contribution in [-0.2, 0) is 4.74 Å². The third kappa shape index (κ3) is 1.59. The first kappa shape index (κ1) is 8.24. The molecule has 0 saturated carbocycles. The molecule has 3 nitrogen and oxygen atoms in total. The summed E-state index contributed by atoms with van der Waals surface area (Å²) in [6.07, 6.45) is -0.600. The van der Waals surface area contributed by atoms with Gasteiger partial charge >= 0.3 is 6.09 Å². The quantitative estimate of drug-likeness (QED) is 0.536. The Morgan fingerprint density at radius 1 is 1.45 bits per heavy atom. The van der Waals surface area contributed by atoms with E-state index < -0.39 is 6.09 Å². The third-order valence-corrected chi connectivity index (χ3v) is 1.65. The van der Waals surface area contributed by atoms with Crippen molar-refractivity contribution in [3.63, 3.8) is 0 Å².